The first-order valence-corrected chi connectivity index (χ1v) is 8.79. The van der Waals surface area contributed by atoms with Crippen LogP contribution in [0, 0.1) is 6.92 Å². The molecule has 0 saturated carbocycles. The van der Waals surface area contributed by atoms with Crippen molar-refractivity contribution >= 4 is 16.7 Å². The summed E-state index contributed by atoms with van der Waals surface area (Å²) in [5.41, 5.74) is 3.54. The van der Waals surface area contributed by atoms with Gasteiger partial charge in [0.1, 0.15) is 18.1 Å². The summed E-state index contributed by atoms with van der Waals surface area (Å²) >= 11 is 0. The molecule has 0 saturated heterocycles. The van der Waals surface area contributed by atoms with Gasteiger partial charge in [0.25, 0.3) is 5.56 Å². The molecule has 2 aromatic carbocycles. The van der Waals surface area contributed by atoms with Gasteiger partial charge in [-0.2, -0.15) is 0 Å². The predicted molar refractivity (Wildman–Crippen MR) is 105 cm³/mol. The van der Waals surface area contributed by atoms with Crippen molar-refractivity contribution in [1.29, 1.82) is 0 Å². The fourth-order valence-electron chi connectivity index (χ4n) is 2.96. The van der Waals surface area contributed by atoms with Gasteiger partial charge in [-0.05, 0) is 50.2 Å². The highest BCUT2D eigenvalue weighted by Gasteiger charge is 2.10. The molecule has 0 radical (unpaired) electrons. The largest absolute Gasteiger partial charge is 0.487 e. The molecule has 7 heteroatoms. The summed E-state index contributed by atoms with van der Waals surface area (Å²) in [4.78, 5) is 26.1. The number of hydrogen-bond acceptors (Lipinski definition) is 5. The predicted octanol–water partition coefficient (Wildman–Crippen LogP) is 3.20. The number of rotatable bonds is 5. The van der Waals surface area contributed by atoms with Crippen LogP contribution in [0.15, 0.2) is 59.5 Å². The highest BCUT2D eigenvalue weighted by molar-refractivity contribution is 5.94. The molecule has 1 N–H and O–H groups in total. The molecular weight excluding hydrogens is 356 g/mol. The van der Waals surface area contributed by atoms with E-state index in [1.54, 1.807) is 35.1 Å². The zero-order valence-corrected chi connectivity index (χ0v) is 15.5. The number of benzene rings is 2. The maximum atomic E-state index is 12.0. The zero-order valence-electron chi connectivity index (χ0n) is 15.5. The smallest absolute Gasteiger partial charge is 0.250 e. The number of fused-ring (bicyclic) bond motifs is 1. The number of nitrogens with one attached hydrogen (secondary N) is 1. The second-order valence-corrected chi connectivity index (χ2v) is 6.59. The second kappa shape index (κ2) is 7.11. The first kappa shape index (κ1) is 17.7. The van der Waals surface area contributed by atoms with Gasteiger partial charge in [0.05, 0.1) is 17.4 Å². The number of ether oxygens (including phenoxy) is 1. The Morgan fingerprint density at radius 3 is 2.68 bits per heavy atom. The number of H-pyrrole nitrogens is 1. The van der Waals surface area contributed by atoms with Gasteiger partial charge in [-0.1, -0.05) is 16.8 Å². The van der Waals surface area contributed by atoms with Crippen LogP contribution in [0.5, 0.6) is 5.75 Å². The molecule has 0 fully saturated rings. The average molecular weight is 374 g/mol. The fourth-order valence-corrected chi connectivity index (χ4v) is 2.96. The fraction of sp³-hybridized carbons (Fsp3) is 0.143. The Morgan fingerprint density at radius 2 is 1.93 bits per heavy atom. The van der Waals surface area contributed by atoms with Gasteiger partial charge >= 0.3 is 0 Å². The van der Waals surface area contributed by atoms with Gasteiger partial charge in [0, 0.05) is 17.0 Å². The standard InChI is InChI=1S/C21H18N4O3/c1-13-3-8-19-18(9-13)20(10-21(27)22-19)25-11-16(23-24-25)12-28-17-6-4-15(5-7-17)14(2)26/h3-11H,12H2,1-2H3,(H,22,27). The topological polar surface area (TPSA) is 89.9 Å². The summed E-state index contributed by atoms with van der Waals surface area (Å²) in [6.07, 6.45) is 1.74. The molecule has 2 heterocycles. The lowest BCUT2D eigenvalue weighted by Crippen LogP contribution is -2.09. The molecular formula is C21H18N4O3. The van der Waals surface area contributed by atoms with Gasteiger partial charge < -0.3 is 9.72 Å². The van der Waals surface area contributed by atoms with E-state index in [0.717, 1.165) is 16.5 Å². The molecule has 4 aromatic rings. The number of Topliss-reactive ketones (excluding diaryl/α,β-unsaturated/α-hetero) is 1. The van der Waals surface area contributed by atoms with E-state index in [4.69, 9.17) is 4.74 Å². The molecule has 140 valence electrons. The molecule has 0 amide bonds. The second-order valence-electron chi connectivity index (χ2n) is 6.59. The minimum absolute atomic E-state index is 0.00908. The highest BCUT2D eigenvalue weighted by atomic mass is 16.5. The van der Waals surface area contributed by atoms with E-state index < -0.39 is 0 Å². The van der Waals surface area contributed by atoms with Crippen molar-refractivity contribution in [2.24, 2.45) is 0 Å². The van der Waals surface area contributed by atoms with Crippen LogP contribution in [0.4, 0.5) is 0 Å². The first-order chi connectivity index (χ1) is 13.5. The van der Waals surface area contributed by atoms with Crippen molar-refractivity contribution in [3.8, 4) is 11.4 Å². The highest BCUT2D eigenvalue weighted by Crippen LogP contribution is 2.20. The summed E-state index contributed by atoms with van der Waals surface area (Å²) in [6, 6.07) is 14.2. The molecule has 0 spiro atoms. The van der Waals surface area contributed by atoms with Gasteiger partial charge in [0.15, 0.2) is 5.78 Å². The molecule has 0 bridgehead atoms. The normalized spacial score (nSPS) is 10.9. The monoisotopic (exact) mass is 374 g/mol. The van der Waals surface area contributed by atoms with E-state index in [-0.39, 0.29) is 17.9 Å². The molecule has 0 aliphatic carbocycles. The van der Waals surface area contributed by atoms with Crippen molar-refractivity contribution in [3.63, 3.8) is 0 Å². The van der Waals surface area contributed by atoms with Crippen molar-refractivity contribution in [2.45, 2.75) is 20.5 Å². The molecule has 0 aliphatic rings. The summed E-state index contributed by atoms with van der Waals surface area (Å²) in [6.45, 7) is 3.74. The molecule has 7 nitrogen and oxygen atoms in total. The van der Waals surface area contributed by atoms with Crippen LogP contribution in [-0.2, 0) is 6.61 Å². The van der Waals surface area contributed by atoms with E-state index in [2.05, 4.69) is 15.3 Å². The zero-order chi connectivity index (χ0) is 19.7. The van der Waals surface area contributed by atoms with Crippen LogP contribution in [0.1, 0.15) is 28.5 Å². The molecule has 0 atom stereocenters. The first-order valence-electron chi connectivity index (χ1n) is 8.79. The number of aromatic amines is 1. The lowest BCUT2D eigenvalue weighted by molar-refractivity contribution is 0.101. The van der Waals surface area contributed by atoms with Gasteiger partial charge in [-0.25, -0.2) is 4.68 Å². The molecule has 4 rings (SSSR count). The molecule has 0 unspecified atom stereocenters. The van der Waals surface area contributed by atoms with Crippen LogP contribution in [0.3, 0.4) is 0 Å². The third-order valence-corrected chi connectivity index (χ3v) is 4.41. The Morgan fingerprint density at radius 1 is 1.14 bits per heavy atom. The third kappa shape index (κ3) is 3.55. The Kier molecular flexibility index (Phi) is 4.49. The lowest BCUT2D eigenvalue weighted by Gasteiger charge is -2.06. The molecule has 2 aromatic heterocycles. The number of carbonyl (C=O) groups is 1. The van der Waals surface area contributed by atoms with E-state index in [1.165, 1.54) is 13.0 Å². The van der Waals surface area contributed by atoms with E-state index in [0.29, 0.717) is 22.7 Å². The molecule has 0 aliphatic heterocycles. The van der Waals surface area contributed by atoms with Crippen LogP contribution in [0.2, 0.25) is 0 Å². The van der Waals surface area contributed by atoms with E-state index in [9.17, 15) is 9.59 Å². The van der Waals surface area contributed by atoms with Crippen LogP contribution >= 0.6 is 0 Å². The summed E-state index contributed by atoms with van der Waals surface area (Å²) in [5, 5.41) is 9.17. The maximum Gasteiger partial charge on any atom is 0.250 e. The van der Waals surface area contributed by atoms with Gasteiger partial charge in [-0.3, -0.25) is 9.59 Å². The Balaban J connectivity index is 1.58. The van der Waals surface area contributed by atoms with Crippen molar-refractivity contribution in [2.75, 3.05) is 0 Å². The minimum Gasteiger partial charge on any atom is -0.487 e. The Hall–Kier alpha value is -3.74. The SMILES string of the molecule is CC(=O)c1ccc(OCc2cn(-c3cc(=O)[nH]c4ccc(C)cc34)nn2)cc1. The summed E-state index contributed by atoms with van der Waals surface area (Å²) in [5.74, 6) is 0.645. The maximum absolute atomic E-state index is 12.0. The number of aromatic nitrogens is 4. The van der Waals surface area contributed by atoms with E-state index in [1.807, 2.05) is 25.1 Å². The van der Waals surface area contributed by atoms with Crippen molar-refractivity contribution in [3.05, 3.63) is 81.9 Å². The Bertz CT molecular complexity index is 1220. The van der Waals surface area contributed by atoms with E-state index >= 15 is 0 Å². The number of ketones is 1. The number of hydrogen-bond donors (Lipinski definition) is 1. The lowest BCUT2D eigenvalue weighted by atomic mass is 10.1. The molecule has 28 heavy (non-hydrogen) atoms. The number of aryl methyl sites for hydroxylation is 1. The van der Waals surface area contributed by atoms with Gasteiger partial charge in [-0.15, -0.1) is 5.10 Å². The number of pyridine rings is 1. The van der Waals surface area contributed by atoms with Crippen LogP contribution < -0.4 is 10.3 Å². The summed E-state index contributed by atoms with van der Waals surface area (Å²) < 4.78 is 7.29. The van der Waals surface area contributed by atoms with Crippen molar-refractivity contribution < 1.29 is 9.53 Å². The van der Waals surface area contributed by atoms with Gasteiger partial charge in [0.2, 0.25) is 0 Å². The third-order valence-electron chi connectivity index (χ3n) is 4.41. The minimum atomic E-state index is -0.204. The van der Waals surface area contributed by atoms with Crippen LogP contribution in [-0.4, -0.2) is 25.8 Å². The number of carbonyl (C=O) groups excluding carboxylic acids is 1. The summed E-state index contributed by atoms with van der Waals surface area (Å²) in [7, 11) is 0. The number of nitrogens with zero attached hydrogens (tertiary/aromatic N) is 3. The Labute approximate surface area is 160 Å². The van der Waals surface area contributed by atoms with Crippen molar-refractivity contribution in [1.82, 2.24) is 20.0 Å². The average Bonchev–Trinajstić information content (AvgIpc) is 3.15. The quantitative estimate of drug-likeness (QED) is 0.542. The van der Waals surface area contributed by atoms with Crippen LogP contribution in [0.25, 0.3) is 16.6 Å².